The van der Waals surface area contributed by atoms with Gasteiger partial charge in [0.15, 0.2) is 11.5 Å². The summed E-state index contributed by atoms with van der Waals surface area (Å²) in [5, 5.41) is 4.28. The molecule has 28 heavy (non-hydrogen) atoms. The van der Waals surface area contributed by atoms with Gasteiger partial charge < -0.3 is 14.8 Å². The van der Waals surface area contributed by atoms with Gasteiger partial charge in [-0.05, 0) is 57.9 Å². The maximum Gasteiger partial charge on any atom is 0.175 e. The van der Waals surface area contributed by atoms with E-state index in [1.807, 2.05) is 18.2 Å². The lowest BCUT2D eigenvalue weighted by atomic mass is 10.2. The fourth-order valence-electron chi connectivity index (χ4n) is 2.59. The van der Waals surface area contributed by atoms with Crippen LogP contribution in [0.1, 0.15) is 11.1 Å². The Morgan fingerprint density at radius 1 is 1.04 bits per heavy atom. The molecule has 0 spiro atoms. The molecule has 0 aliphatic heterocycles. The maximum atomic E-state index is 13.8. The molecule has 0 bridgehead atoms. The predicted octanol–water partition coefficient (Wildman–Crippen LogP) is 7.09. The number of methoxy groups -OCH3 is 1. The van der Waals surface area contributed by atoms with Gasteiger partial charge in [-0.2, -0.15) is 0 Å². The number of halogens is 4. The lowest BCUT2D eigenvalue weighted by Gasteiger charge is -2.15. The summed E-state index contributed by atoms with van der Waals surface area (Å²) in [4.78, 5) is 0. The van der Waals surface area contributed by atoms with Crippen molar-refractivity contribution in [2.24, 2.45) is 0 Å². The Morgan fingerprint density at radius 2 is 1.82 bits per heavy atom. The van der Waals surface area contributed by atoms with Crippen LogP contribution in [0, 0.1) is 5.82 Å². The molecule has 0 atom stereocenters. The summed E-state index contributed by atoms with van der Waals surface area (Å²) in [5.74, 6) is 0.765. The van der Waals surface area contributed by atoms with E-state index in [1.165, 1.54) is 6.07 Å². The molecule has 0 aliphatic carbocycles. The summed E-state index contributed by atoms with van der Waals surface area (Å²) >= 11 is 15.5. The van der Waals surface area contributed by atoms with E-state index in [0.29, 0.717) is 38.1 Å². The number of ether oxygens (including phenoxy) is 2. The van der Waals surface area contributed by atoms with E-state index in [2.05, 4.69) is 21.2 Å². The van der Waals surface area contributed by atoms with Gasteiger partial charge >= 0.3 is 0 Å². The molecule has 3 rings (SSSR count). The van der Waals surface area contributed by atoms with E-state index < -0.39 is 0 Å². The molecule has 0 fully saturated rings. The first-order valence-corrected chi connectivity index (χ1v) is 9.94. The topological polar surface area (TPSA) is 30.5 Å². The second kappa shape index (κ2) is 9.50. The Labute approximate surface area is 181 Å². The summed E-state index contributed by atoms with van der Waals surface area (Å²) in [5.41, 5.74) is 2.29. The molecule has 0 amide bonds. The fourth-order valence-corrected chi connectivity index (χ4v) is 3.49. The van der Waals surface area contributed by atoms with E-state index in [4.69, 9.17) is 32.7 Å². The molecular weight excluding hydrogens is 468 g/mol. The van der Waals surface area contributed by atoms with Crippen molar-refractivity contribution in [2.75, 3.05) is 12.4 Å². The van der Waals surface area contributed by atoms with Gasteiger partial charge in [-0.1, -0.05) is 41.4 Å². The summed E-state index contributed by atoms with van der Waals surface area (Å²) < 4.78 is 25.8. The van der Waals surface area contributed by atoms with Crippen molar-refractivity contribution in [3.05, 3.63) is 86.1 Å². The zero-order valence-electron chi connectivity index (χ0n) is 14.9. The van der Waals surface area contributed by atoms with Crippen LogP contribution in [-0.4, -0.2) is 7.11 Å². The molecule has 0 aliphatic rings. The van der Waals surface area contributed by atoms with Gasteiger partial charge in [0.2, 0.25) is 0 Å². The maximum absolute atomic E-state index is 13.8. The average molecular weight is 485 g/mol. The number of hydrogen-bond acceptors (Lipinski definition) is 3. The first kappa shape index (κ1) is 20.8. The average Bonchev–Trinajstić information content (AvgIpc) is 2.68. The van der Waals surface area contributed by atoms with Crippen LogP contribution in [0.2, 0.25) is 10.0 Å². The summed E-state index contributed by atoms with van der Waals surface area (Å²) in [6.45, 7) is 0.642. The number of rotatable bonds is 7. The highest BCUT2D eigenvalue weighted by molar-refractivity contribution is 9.10. The SMILES string of the molecule is COc1cc(CNc2ccc(Cl)c(Cl)c2)cc(Br)c1OCc1ccccc1F. The highest BCUT2D eigenvalue weighted by Gasteiger charge is 2.13. The van der Waals surface area contributed by atoms with E-state index in [0.717, 1.165) is 11.3 Å². The predicted molar refractivity (Wildman–Crippen MR) is 115 cm³/mol. The van der Waals surface area contributed by atoms with Gasteiger partial charge in [-0.3, -0.25) is 0 Å². The quantitative estimate of drug-likeness (QED) is 0.388. The summed E-state index contributed by atoms with van der Waals surface area (Å²) in [7, 11) is 1.56. The van der Waals surface area contributed by atoms with Crippen molar-refractivity contribution in [2.45, 2.75) is 13.2 Å². The fraction of sp³-hybridized carbons (Fsp3) is 0.143. The van der Waals surface area contributed by atoms with Crippen molar-refractivity contribution in [3.63, 3.8) is 0 Å². The zero-order valence-corrected chi connectivity index (χ0v) is 18.0. The van der Waals surface area contributed by atoms with Crippen LogP contribution >= 0.6 is 39.1 Å². The van der Waals surface area contributed by atoms with Crippen molar-refractivity contribution < 1.29 is 13.9 Å². The van der Waals surface area contributed by atoms with Crippen molar-refractivity contribution in [3.8, 4) is 11.5 Å². The van der Waals surface area contributed by atoms with Gasteiger partial charge in [-0.15, -0.1) is 0 Å². The molecule has 146 valence electrons. The smallest absolute Gasteiger partial charge is 0.175 e. The van der Waals surface area contributed by atoms with E-state index in [-0.39, 0.29) is 12.4 Å². The van der Waals surface area contributed by atoms with Crippen LogP contribution in [-0.2, 0) is 13.2 Å². The first-order valence-electron chi connectivity index (χ1n) is 8.39. The molecular formula is C21H17BrCl2FNO2. The van der Waals surface area contributed by atoms with Crippen molar-refractivity contribution >= 4 is 44.8 Å². The second-order valence-electron chi connectivity index (χ2n) is 5.97. The molecule has 0 saturated heterocycles. The van der Waals surface area contributed by atoms with Gasteiger partial charge in [0.05, 0.1) is 21.6 Å². The number of hydrogen-bond donors (Lipinski definition) is 1. The van der Waals surface area contributed by atoms with Crippen LogP contribution in [0.5, 0.6) is 11.5 Å². The molecule has 1 N–H and O–H groups in total. The molecule has 0 radical (unpaired) electrons. The Morgan fingerprint density at radius 3 is 2.54 bits per heavy atom. The van der Waals surface area contributed by atoms with Gasteiger partial charge in [0.1, 0.15) is 12.4 Å². The highest BCUT2D eigenvalue weighted by Crippen LogP contribution is 2.37. The van der Waals surface area contributed by atoms with Gasteiger partial charge in [0.25, 0.3) is 0 Å². The van der Waals surface area contributed by atoms with Crippen LogP contribution in [0.4, 0.5) is 10.1 Å². The van der Waals surface area contributed by atoms with Crippen molar-refractivity contribution in [1.29, 1.82) is 0 Å². The summed E-state index contributed by atoms with van der Waals surface area (Å²) in [6, 6.07) is 15.7. The molecule has 7 heteroatoms. The number of nitrogens with one attached hydrogen (secondary N) is 1. The van der Waals surface area contributed by atoms with E-state index in [9.17, 15) is 4.39 Å². The lowest BCUT2D eigenvalue weighted by molar-refractivity contribution is 0.277. The lowest BCUT2D eigenvalue weighted by Crippen LogP contribution is -2.03. The Bertz CT molecular complexity index is 985. The molecule has 0 aromatic heterocycles. The molecule has 3 nitrogen and oxygen atoms in total. The molecule has 0 unspecified atom stereocenters. The minimum absolute atomic E-state index is 0.0997. The first-order chi connectivity index (χ1) is 13.5. The monoisotopic (exact) mass is 483 g/mol. The standard InChI is InChI=1S/C21H17BrCl2FNO2/c1-27-20-9-13(11-26-15-6-7-17(23)18(24)10-15)8-16(22)21(20)28-12-14-4-2-3-5-19(14)25/h2-10,26H,11-12H2,1H3. The zero-order chi connectivity index (χ0) is 20.1. The Balaban J connectivity index is 1.73. The number of anilines is 1. The number of benzene rings is 3. The Kier molecular flexibility index (Phi) is 7.05. The van der Waals surface area contributed by atoms with E-state index in [1.54, 1.807) is 37.4 Å². The normalized spacial score (nSPS) is 10.6. The minimum atomic E-state index is -0.306. The van der Waals surface area contributed by atoms with Gasteiger partial charge in [-0.25, -0.2) is 4.39 Å². The second-order valence-corrected chi connectivity index (χ2v) is 7.64. The highest BCUT2D eigenvalue weighted by atomic mass is 79.9. The van der Waals surface area contributed by atoms with E-state index >= 15 is 0 Å². The molecule has 3 aromatic carbocycles. The largest absolute Gasteiger partial charge is 0.493 e. The molecule has 0 heterocycles. The van der Waals surface area contributed by atoms with Crippen LogP contribution in [0.15, 0.2) is 59.1 Å². The molecule has 0 saturated carbocycles. The van der Waals surface area contributed by atoms with Gasteiger partial charge in [0, 0.05) is 17.8 Å². The van der Waals surface area contributed by atoms with Crippen LogP contribution in [0.25, 0.3) is 0 Å². The minimum Gasteiger partial charge on any atom is -0.493 e. The van der Waals surface area contributed by atoms with Crippen molar-refractivity contribution in [1.82, 2.24) is 0 Å². The Hall–Kier alpha value is -1.95. The van der Waals surface area contributed by atoms with Crippen LogP contribution < -0.4 is 14.8 Å². The third kappa shape index (κ3) is 5.10. The summed E-state index contributed by atoms with van der Waals surface area (Å²) in [6.07, 6.45) is 0. The molecule has 3 aromatic rings. The third-order valence-corrected chi connectivity index (χ3v) is 5.36. The van der Waals surface area contributed by atoms with Crippen LogP contribution in [0.3, 0.4) is 0 Å². The third-order valence-electron chi connectivity index (χ3n) is 4.04.